The van der Waals surface area contributed by atoms with Gasteiger partial charge in [-0.3, -0.25) is 4.79 Å². The first-order valence-electron chi connectivity index (χ1n) is 7.10. The second-order valence-corrected chi connectivity index (χ2v) is 5.89. The lowest BCUT2D eigenvalue weighted by atomic mass is 9.94. The highest BCUT2D eigenvalue weighted by atomic mass is 16.5. The topological polar surface area (TPSA) is 29.5 Å². The number of ether oxygens (including phenoxy) is 1. The third kappa shape index (κ3) is 2.22. The van der Waals surface area contributed by atoms with Crippen molar-refractivity contribution in [2.45, 2.75) is 31.7 Å². The zero-order valence-electron chi connectivity index (χ0n) is 11.6. The zero-order chi connectivity index (χ0) is 13.4. The van der Waals surface area contributed by atoms with Crippen molar-refractivity contribution in [1.29, 1.82) is 0 Å². The zero-order valence-corrected chi connectivity index (χ0v) is 11.6. The van der Waals surface area contributed by atoms with Gasteiger partial charge in [0.2, 0.25) is 0 Å². The highest BCUT2D eigenvalue weighted by Crippen LogP contribution is 2.46. The second-order valence-electron chi connectivity index (χ2n) is 5.89. The van der Waals surface area contributed by atoms with E-state index in [4.69, 9.17) is 4.74 Å². The molecule has 102 valence electrons. The Bertz CT molecular complexity index is 468. The van der Waals surface area contributed by atoms with E-state index in [1.54, 1.807) is 7.11 Å². The van der Waals surface area contributed by atoms with Gasteiger partial charge in [-0.1, -0.05) is 6.42 Å². The monoisotopic (exact) mass is 259 g/mol. The highest BCUT2D eigenvalue weighted by Gasteiger charge is 2.42. The standard InChI is InChI=1S/C16H21NO2/c1-17(15-10-11-3-4-13(15)9-11)16(18)12-5-7-14(19-2)8-6-12/h5-8,11,13,15H,3-4,9-10H2,1-2H3. The molecule has 3 rings (SSSR count). The summed E-state index contributed by atoms with van der Waals surface area (Å²) in [5.41, 5.74) is 0.756. The fraction of sp³-hybridized carbons (Fsp3) is 0.562. The van der Waals surface area contributed by atoms with E-state index in [1.165, 1.54) is 25.7 Å². The molecule has 2 aliphatic carbocycles. The van der Waals surface area contributed by atoms with E-state index >= 15 is 0 Å². The maximum absolute atomic E-state index is 12.5. The molecule has 0 radical (unpaired) electrons. The van der Waals surface area contributed by atoms with Gasteiger partial charge >= 0.3 is 0 Å². The molecule has 1 aromatic rings. The van der Waals surface area contributed by atoms with Crippen LogP contribution >= 0.6 is 0 Å². The van der Waals surface area contributed by atoms with E-state index in [-0.39, 0.29) is 5.91 Å². The van der Waals surface area contributed by atoms with Crippen LogP contribution in [-0.2, 0) is 0 Å². The average molecular weight is 259 g/mol. The number of fused-ring (bicyclic) bond motifs is 2. The molecule has 3 heteroatoms. The first-order chi connectivity index (χ1) is 9.19. The summed E-state index contributed by atoms with van der Waals surface area (Å²) in [7, 11) is 3.59. The van der Waals surface area contributed by atoms with Crippen molar-refractivity contribution in [3.05, 3.63) is 29.8 Å². The third-order valence-corrected chi connectivity index (χ3v) is 4.86. The molecule has 3 atom stereocenters. The summed E-state index contributed by atoms with van der Waals surface area (Å²) in [5, 5.41) is 0. The van der Waals surface area contributed by atoms with Gasteiger partial charge < -0.3 is 9.64 Å². The lowest BCUT2D eigenvalue weighted by Gasteiger charge is -2.31. The van der Waals surface area contributed by atoms with Gasteiger partial charge in [-0.15, -0.1) is 0 Å². The predicted octanol–water partition coefficient (Wildman–Crippen LogP) is 2.96. The summed E-state index contributed by atoms with van der Waals surface area (Å²) in [6.45, 7) is 0. The van der Waals surface area contributed by atoms with Crippen LogP contribution in [0.4, 0.5) is 0 Å². The SMILES string of the molecule is COc1ccc(C(=O)N(C)C2CC3CCC2C3)cc1. The largest absolute Gasteiger partial charge is 0.497 e. The normalized spacial score (nSPS) is 28.4. The molecular formula is C16H21NO2. The Morgan fingerprint density at radius 2 is 1.95 bits per heavy atom. The van der Waals surface area contributed by atoms with Crippen LogP contribution in [0.1, 0.15) is 36.0 Å². The number of nitrogens with zero attached hydrogens (tertiary/aromatic N) is 1. The molecule has 2 fully saturated rings. The predicted molar refractivity (Wildman–Crippen MR) is 74.3 cm³/mol. The number of amides is 1. The number of benzene rings is 1. The fourth-order valence-corrected chi connectivity index (χ4v) is 3.77. The van der Waals surface area contributed by atoms with Crippen molar-refractivity contribution in [3.63, 3.8) is 0 Å². The van der Waals surface area contributed by atoms with Gasteiger partial charge in [-0.25, -0.2) is 0 Å². The molecule has 3 nitrogen and oxygen atoms in total. The second kappa shape index (κ2) is 4.87. The van der Waals surface area contributed by atoms with Crippen molar-refractivity contribution in [3.8, 4) is 5.75 Å². The Morgan fingerprint density at radius 1 is 1.21 bits per heavy atom. The number of carbonyl (C=O) groups excluding carboxylic acids is 1. The van der Waals surface area contributed by atoms with Crippen LogP contribution in [0.15, 0.2) is 24.3 Å². The van der Waals surface area contributed by atoms with Gasteiger partial charge in [0.25, 0.3) is 5.91 Å². The van der Waals surface area contributed by atoms with Crippen LogP contribution in [0.5, 0.6) is 5.75 Å². The lowest BCUT2D eigenvalue weighted by Crippen LogP contribution is -2.40. The first-order valence-corrected chi connectivity index (χ1v) is 7.10. The molecule has 3 unspecified atom stereocenters. The van der Waals surface area contributed by atoms with Crippen LogP contribution < -0.4 is 4.74 Å². The minimum absolute atomic E-state index is 0.139. The smallest absolute Gasteiger partial charge is 0.253 e. The van der Waals surface area contributed by atoms with E-state index in [2.05, 4.69) is 0 Å². The van der Waals surface area contributed by atoms with E-state index < -0.39 is 0 Å². The van der Waals surface area contributed by atoms with Gasteiger partial charge in [0.05, 0.1) is 7.11 Å². The van der Waals surface area contributed by atoms with E-state index in [0.717, 1.165) is 23.1 Å². The van der Waals surface area contributed by atoms with Crippen LogP contribution in [0.2, 0.25) is 0 Å². The van der Waals surface area contributed by atoms with E-state index in [9.17, 15) is 4.79 Å². The van der Waals surface area contributed by atoms with Crippen LogP contribution in [0, 0.1) is 11.8 Å². The highest BCUT2D eigenvalue weighted by molar-refractivity contribution is 5.94. The number of hydrogen-bond acceptors (Lipinski definition) is 2. The van der Waals surface area contributed by atoms with Crippen LogP contribution in [-0.4, -0.2) is 31.0 Å². The van der Waals surface area contributed by atoms with E-state index in [0.29, 0.717) is 6.04 Å². The van der Waals surface area contributed by atoms with Crippen molar-refractivity contribution < 1.29 is 9.53 Å². The molecule has 1 amide bonds. The quantitative estimate of drug-likeness (QED) is 0.835. The Balaban J connectivity index is 1.72. The summed E-state index contributed by atoms with van der Waals surface area (Å²) in [6, 6.07) is 7.85. The molecule has 0 spiro atoms. The number of rotatable bonds is 3. The Hall–Kier alpha value is -1.51. The van der Waals surface area contributed by atoms with Crippen LogP contribution in [0.25, 0.3) is 0 Å². The molecule has 0 saturated heterocycles. The molecule has 1 aromatic carbocycles. The Labute approximate surface area is 114 Å². The summed E-state index contributed by atoms with van der Waals surface area (Å²) < 4.78 is 5.12. The molecule has 0 aromatic heterocycles. The number of carbonyl (C=O) groups is 1. The summed E-state index contributed by atoms with van der Waals surface area (Å²) in [5.74, 6) is 2.53. The van der Waals surface area contributed by atoms with Gasteiger partial charge in [-0.05, 0) is 55.4 Å². The number of hydrogen-bond donors (Lipinski definition) is 0. The van der Waals surface area contributed by atoms with Gasteiger partial charge in [0, 0.05) is 18.7 Å². The summed E-state index contributed by atoms with van der Waals surface area (Å²) in [6.07, 6.45) is 5.19. The summed E-state index contributed by atoms with van der Waals surface area (Å²) >= 11 is 0. The van der Waals surface area contributed by atoms with Crippen LogP contribution in [0.3, 0.4) is 0 Å². The molecule has 2 saturated carbocycles. The van der Waals surface area contributed by atoms with Crippen molar-refractivity contribution in [2.75, 3.05) is 14.2 Å². The van der Waals surface area contributed by atoms with Gasteiger partial charge in [-0.2, -0.15) is 0 Å². The Morgan fingerprint density at radius 3 is 2.47 bits per heavy atom. The molecular weight excluding hydrogens is 238 g/mol. The molecule has 2 bridgehead atoms. The number of methoxy groups -OCH3 is 1. The minimum atomic E-state index is 0.139. The summed E-state index contributed by atoms with van der Waals surface area (Å²) in [4.78, 5) is 14.5. The molecule has 0 aliphatic heterocycles. The van der Waals surface area contributed by atoms with Crippen molar-refractivity contribution >= 4 is 5.91 Å². The first kappa shape index (κ1) is 12.5. The lowest BCUT2D eigenvalue weighted by molar-refractivity contribution is 0.0677. The fourth-order valence-electron chi connectivity index (χ4n) is 3.77. The maximum Gasteiger partial charge on any atom is 0.253 e. The molecule has 19 heavy (non-hydrogen) atoms. The van der Waals surface area contributed by atoms with Crippen molar-refractivity contribution in [2.24, 2.45) is 11.8 Å². The third-order valence-electron chi connectivity index (χ3n) is 4.86. The Kier molecular flexibility index (Phi) is 3.21. The average Bonchev–Trinajstić information content (AvgIpc) is 3.08. The minimum Gasteiger partial charge on any atom is -0.497 e. The maximum atomic E-state index is 12.5. The molecule has 2 aliphatic rings. The van der Waals surface area contributed by atoms with Gasteiger partial charge in [0.15, 0.2) is 0 Å². The molecule has 0 heterocycles. The van der Waals surface area contributed by atoms with Gasteiger partial charge in [0.1, 0.15) is 5.75 Å². The van der Waals surface area contributed by atoms with E-state index in [1.807, 2.05) is 36.2 Å². The molecule has 0 N–H and O–H groups in total. The van der Waals surface area contributed by atoms with Crippen molar-refractivity contribution in [1.82, 2.24) is 4.90 Å².